The number of halogens is 1. The number of carbonyl (C=O) groups excluding carboxylic acids is 1. The summed E-state index contributed by atoms with van der Waals surface area (Å²) in [5.74, 6) is 2.72. The third-order valence-corrected chi connectivity index (χ3v) is 6.45. The molecule has 1 aromatic rings. The predicted molar refractivity (Wildman–Crippen MR) is 88.1 cm³/mol. The number of benzene rings is 1. The van der Waals surface area contributed by atoms with E-state index >= 15 is 0 Å². The van der Waals surface area contributed by atoms with Gasteiger partial charge in [-0.05, 0) is 87.0 Å². The van der Waals surface area contributed by atoms with E-state index in [0.29, 0.717) is 0 Å². The van der Waals surface area contributed by atoms with E-state index in [1.807, 2.05) is 12.1 Å². The molecule has 21 heavy (non-hydrogen) atoms. The number of rotatable bonds is 2. The molecule has 1 amide bonds. The second-order valence-electron chi connectivity index (χ2n) is 7.61. The van der Waals surface area contributed by atoms with Crippen molar-refractivity contribution < 1.29 is 4.79 Å². The van der Waals surface area contributed by atoms with Crippen LogP contribution in [0.15, 0.2) is 22.7 Å². The Bertz CT molecular complexity index is 560. The van der Waals surface area contributed by atoms with Crippen LogP contribution in [0.25, 0.3) is 0 Å². The lowest BCUT2D eigenvalue weighted by atomic mass is 9.49. The number of hydrogen-bond donors (Lipinski definition) is 1. The molecule has 4 fully saturated rings. The summed E-state index contributed by atoms with van der Waals surface area (Å²) in [6.45, 7) is 2.06. The highest BCUT2D eigenvalue weighted by molar-refractivity contribution is 9.10. The first kappa shape index (κ1) is 13.8. The largest absolute Gasteiger partial charge is 0.325 e. The van der Waals surface area contributed by atoms with Gasteiger partial charge in [0.05, 0.1) is 5.41 Å². The van der Waals surface area contributed by atoms with Crippen LogP contribution < -0.4 is 5.32 Å². The molecular weight excluding hydrogens is 326 g/mol. The SMILES string of the molecule is Cc1cc(Br)ccc1NC(=O)C12CC3CC(CC(C3)C1)C2. The smallest absolute Gasteiger partial charge is 0.230 e. The maximum absolute atomic E-state index is 13.0. The lowest BCUT2D eigenvalue weighted by Crippen LogP contribution is -2.51. The number of carbonyl (C=O) groups is 1. The fourth-order valence-corrected chi connectivity index (χ4v) is 5.89. The van der Waals surface area contributed by atoms with Crippen molar-refractivity contribution in [1.82, 2.24) is 0 Å². The van der Waals surface area contributed by atoms with E-state index in [2.05, 4.69) is 34.2 Å². The number of anilines is 1. The molecular formula is C18H22BrNO. The summed E-state index contributed by atoms with van der Waals surface area (Å²) in [5.41, 5.74) is 2.04. The number of aryl methyl sites for hydroxylation is 1. The first-order valence-electron chi connectivity index (χ1n) is 8.12. The molecule has 1 aromatic carbocycles. The molecule has 0 spiro atoms. The Labute approximate surface area is 134 Å². The van der Waals surface area contributed by atoms with Crippen LogP contribution >= 0.6 is 15.9 Å². The molecule has 0 atom stereocenters. The molecule has 0 radical (unpaired) electrons. The summed E-state index contributed by atoms with van der Waals surface area (Å²) in [6.07, 6.45) is 7.51. The van der Waals surface area contributed by atoms with Gasteiger partial charge in [0.25, 0.3) is 0 Å². The minimum absolute atomic E-state index is 0.0612. The van der Waals surface area contributed by atoms with Crippen LogP contribution in [0.2, 0.25) is 0 Å². The highest BCUT2D eigenvalue weighted by atomic mass is 79.9. The van der Waals surface area contributed by atoms with Crippen molar-refractivity contribution in [2.24, 2.45) is 23.2 Å². The van der Waals surface area contributed by atoms with Gasteiger partial charge in [-0.3, -0.25) is 4.79 Å². The Hall–Kier alpha value is -0.830. The van der Waals surface area contributed by atoms with Gasteiger partial charge in [0.15, 0.2) is 0 Å². The molecule has 0 aliphatic heterocycles. The van der Waals surface area contributed by atoms with Crippen LogP contribution in [-0.2, 0) is 4.79 Å². The molecule has 0 unspecified atom stereocenters. The zero-order chi connectivity index (χ0) is 14.6. The van der Waals surface area contributed by atoms with Crippen molar-refractivity contribution in [3.05, 3.63) is 28.2 Å². The van der Waals surface area contributed by atoms with Gasteiger partial charge in [-0.2, -0.15) is 0 Å². The average molecular weight is 348 g/mol. The summed E-state index contributed by atoms with van der Waals surface area (Å²) in [6, 6.07) is 6.08. The van der Waals surface area contributed by atoms with Gasteiger partial charge >= 0.3 is 0 Å². The molecule has 112 valence electrons. The van der Waals surface area contributed by atoms with Crippen LogP contribution in [0, 0.1) is 30.1 Å². The fourth-order valence-electron chi connectivity index (χ4n) is 5.41. The van der Waals surface area contributed by atoms with E-state index in [0.717, 1.165) is 52.7 Å². The van der Waals surface area contributed by atoms with Gasteiger partial charge in [0.1, 0.15) is 0 Å². The second kappa shape index (κ2) is 4.84. The standard InChI is InChI=1S/C18H22BrNO/c1-11-4-15(19)2-3-16(11)20-17(21)18-8-12-5-13(9-18)7-14(6-12)10-18/h2-4,12-14H,5-10H2,1H3,(H,20,21). The molecule has 0 saturated heterocycles. The summed E-state index contributed by atoms with van der Waals surface area (Å²) >= 11 is 3.48. The van der Waals surface area contributed by atoms with Crippen molar-refractivity contribution in [2.45, 2.75) is 45.4 Å². The first-order valence-corrected chi connectivity index (χ1v) is 8.91. The van der Waals surface area contributed by atoms with Crippen LogP contribution in [0.5, 0.6) is 0 Å². The Morgan fingerprint density at radius 1 is 1.14 bits per heavy atom. The molecule has 4 aliphatic rings. The predicted octanol–water partition coefficient (Wildman–Crippen LogP) is 4.91. The topological polar surface area (TPSA) is 29.1 Å². The quantitative estimate of drug-likeness (QED) is 0.808. The molecule has 0 heterocycles. The van der Waals surface area contributed by atoms with Crippen molar-refractivity contribution >= 4 is 27.5 Å². The number of hydrogen-bond acceptors (Lipinski definition) is 1. The van der Waals surface area contributed by atoms with E-state index in [1.165, 1.54) is 19.3 Å². The van der Waals surface area contributed by atoms with E-state index in [4.69, 9.17) is 0 Å². The molecule has 4 bridgehead atoms. The summed E-state index contributed by atoms with van der Waals surface area (Å²) < 4.78 is 1.06. The Balaban J connectivity index is 1.57. The van der Waals surface area contributed by atoms with Gasteiger partial charge < -0.3 is 5.32 Å². The fraction of sp³-hybridized carbons (Fsp3) is 0.611. The maximum Gasteiger partial charge on any atom is 0.230 e. The maximum atomic E-state index is 13.0. The third kappa shape index (κ3) is 2.34. The van der Waals surface area contributed by atoms with Crippen molar-refractivity contribution in [3.8, 4) is 0 Å². The molecule has 4 aliphatic carbocycles. The van der Waals surface area contributed by atoms with Gasteiger partial charge in [-0.15, -0.1) is 0 Å². The van der Waals surface area contributed by atoms with Crippen LogP contribution in [-0.4, -0.2) is 5.91 Å². The summed E-state index contributed by atoms with van der Waals surface area (Å²) in [4.78, 5) is 13.0. The number of amides is 1. The molecule has 2 nitrogen and oxygen atoms in total. The average Bonchev–Trinajstić information content (AvgIpc) is 2.40. The van der Waals surface area contributed by atoms with Crippen molar-refractivity contribution in [1.29, 1.82) is 0 Å². The normalized spacial score (nSPS) is 36.8. The monoisotopic (exact) mass is 347 g/mol. The highest BCUT2D eigenvalue weighted by Gasteiger charge is 2.54. The van der Waals surface area contributed by atoms with Crippen LogP contribution in [0.3, 0.4) is 0 Å². The minimum atomic E-state index is -0.0612. The van der Waals surface area contributed by atoms with Crippen LogP contribution in [0.4, 0.5) is 5.69 Å². The zero-order valence-corrected chi connectivity index (χ0v) is 14.1. The van der Waals surface area contributed by atoms with E-state index < -0.39 is 0 Å². The Morgan fingerprint density at radius 3 is 2.24 bits per heavy atom. The van der Waals surface area contributed by atoms with Crippen LogP contribution in [0.1, 0.15) is 44.1 Å². The minimum Gasteiger partial charge on any atom is -0.325 e. The third-order valence-electron chi connectivity index (χ3n) is 5.96. The van der Waals surface area contributed by atoms with Crippen molar-refractivity contribution in [3.63, 3.8) is 0 Å². The number of nitrogens with one attached hydrogen (secondary N) is 1. The summed E-state index contributed by atoms with van der Waals surface area (Å²) in [5, 5.41) is 3.23. The van der Waals surface area contributed by atoms with Gasteiger partial charge in [0, 0.05) is 10.2 Å². The van der Waals surface area contributed by atoms with Crippen molar-refractivity contribution in [2.75, 3.05) is 5.32 Å². The second-order valence-corrected chi connectivity index (χ2v) is 8.53. The molecule has 1 N–H and O–H groups in total. The molecule has 4 saturated carbocycles. The van der Waals surface area contributed by atoms with Gasteiger partial charge in [-0.1, -0.05) is 15.9 Å². The lowest BCUT2D eigenvalue weighted by Gasteiger charge is -2.55. The van der Waals surface area contributed by atoms with Gasteiger partial charge in [0.2, 0.25) is 5.91 Å². The van der Waals surface area contributed by atoms with E-state index in [-0.39, 0.29) is 11.3 Å². The van der Waals surface area contributed by atoms with Gasteiger partial charge in [-0.25, -0.2) is 0 Å². The van der Waals surface area contributed by atoms with E-state index in [9.17, 15) is 4.79 Å². The molecule has 5 rings (SSSR count). The molecule has 0 aromatic heterocycles. The zero-order valence-electron chi connectivity index (χ0n) is 12.5. The molecule has 3 heteroatoms. The Kier molecular flexibility index (Phi) is 3.18. The van der Waals surface area contributed by atoms with E-state index in [1.54, 1.807) is 0 Å². The first-order chi connectivity index (χ1) is 10.0. The lowest BCUT2D eigenvalue weighted by molar-refractivity contribution is -0.140. The Morgan fingerprint density at radius 2 is 1.71 bits per heavy atom. The highest BCUT2D eigenvalue weighted by Crippen LogP contribution is 2.60. The summed E-state index contributed by atoms with van der Waals surface area (Å²) in [7, 11) is 0.